The van der Waals surface area contributed by atoms with Gasteiger partial charge >= 0.3 is 0 Å². The predicted octanol–water partition coefficient (Wildman–Crippen LogP) is 4.09. The standard InChI is InChI=1S/C10H12N2O.C10H9N/c1-2-10(13)12-11-8-9-6-4-3-5-7-9;1-8-6-7-9-4-2-3-5-10(9)11-8/h3-8H,2H2,1H3,(H,12,13);2-7H,1H3/b11-8+;. The fraction of sp³-hybridized carbons (Fsp3) is 0.150. The van der Waals surface area contributed by atoms with Crippen LogP contribution in [-0.4, -0.2) is 17.1 Å². The van der Waals surface area contributed by atoms with Crippen LogP contribution in [0.25, 0.3) is 10.9 Å². The van der Waals surface area contributed by atoms with Crippen LogP contribution in [-0.2, 0) is 4.79 Å². The molecule has 0 atom stereocenters. The SMILES string of the molecule is CCC(=O)N/N=C/c1ccccc1.Cc1ccc2ccccc2n1. The molecule has 4 heteroatoms. The van der Waals surface area contributed by atoms with E-state index in [0.29, 0.717) is 6.42 Å². The Morgan fingerprint density at radius 1 is 1.04 bits per heavy atom. The van der Waals surface area contributed by atoms with Gasteiger partial charge in [-0.15, -0.1) is 0 Å². The summed E-state index contributed by atoms with van der Waals surface area (Å²) in [4.78, 5) is 15.2. The molecule has 0 radical (unpaired) electrons. The number of hydrazone groups is 1. The van der Waals surface area contributed by atoms with Gasteiger partial charge in [-0.2, -0.15) is 5.10 Å². The molecular formula is C20H21N3O. The van der Waals surface area contributed by atoms with Crippen LogP contribution in [0, 0.1) is 6.92 Å². The quantitative estimate of drug-likeness (QED) is 0.584. The van der Waals surface area contributed by atoms with Crippen molar-refractivity contribution in [3.63, 3.8) is 0 Å². The van der Waals surface area contributed by atoms with E-state index in [0.717, 1.165) is 16.8 Å². The first-order valence-electron chi connectivity index (χ1n) is 7.88. The third-order valence-corrected chi connectivity index (χ3v) is 3.26. The van der Waals surface area contributed by atoms with Crippen LogP contribution in [0.4, 0.5) is 0 Å². The first kappa shape index (κ1) is 17.3. The number of hydrogen-bond acceptors (Lipinski definition) is 3. The number of carbonyl (C=O) groups excluding carboxylic acids is 1. The number of rotatable bonds is 3. The number of aromatic nitrogens is 1. The molecule has 24 heavy (non-hydrogen) atoms. The highest BCUT2D eigenvalue weighted by atomic mass is 16.2. The minimum absolute atomic E-state index is 0.0767. The van der Waals surface area contributed by atoms with E-state index in [4.69, 9.17) is 0 Å². The number of pyridine rings is 1. The summed E-state index contributed by atoms with van der Waals surface area (Å²) in [5.41, 5.74) is 5.53. The van der Waals surface area contributed by atoms with E-state index in [1.54, 1.807) is 13.1 Å². The number of nitrogens with one attached hydrogen (secondary N) is 1. The maximum Gasteiger partial charge on any atom is 0.239 e. The van der Waals surface area contributed by atoms with E-state index in [-0.39, 0.29) is 5.91 Å². The summed E-state index contributed by atoms with van der Waals surface area (Å²) >= 11 is 0. The van der Waals surface area contributed by atoms with E-state index >= 15 is 0 Å². The van der Waals surface area contributed by atoms with Gasteiger partial charge in [-0.1, -0.05) is 61.5 Å². The molecule has 0 bridgehead atoms. The summed E-state index contributed by atoms with van der Waals surface area (Å²) in [6, 6.07) is 21.9. The molecule has 0 aliphatic heterocycles. The van der Waals surface area contributed by atoms with E-state index in [9.17, 15) is 4.79 Å². The summed E-state index contributed by atoms with van der Waals surface area (Å²) in [6.07, 6.45) is 2.07. The van der Waals surface area contributed by atoms with Crippen LogP contribution in [0.15, 0.2) is 71.8 Å². The molecule has 3 rings (SSSR count). The van der Waals surface area contributed by atoms with Crippen molar-refractivity contribution in [2.45, 2.75) is 20.3 Å². The second-order valence-electron chi connectivity index (χ2n) is 5.20. The number of para-hydroxylation sites is 1. The van der Waals surface area contributed by atoms with Crippen LogP contribution in [0.2, 0.25) is 0 Å². The van der Waals surface area contributed by atoms with Crippen LogP contribution < -0.4 is 5.43 Å². The lowest BCUT2D eigenvalue weighted by atomic mass is 10.2. The molecule has 1 N–H and O–H groups in total. The van der Waals surface area contributed by atoms with E-state index in [1.807, 2.05) is 61.5 Å². The second-order valence-corrected chi connectivity index (χ2v) is 5.20. The highest BCUT2D eigenvalue weighted by Crippen LogP contribution is 2.10. The van der Waals surface area contributed by atoms with E-state index in [2.05, 4.69) is 27.6 Å². The molecule has 122 valence electrons. The van der Waals surface area contributed by atoms with Gasteiger partial charge in [0.1, 0.15) is 0 Å². The van der Waals surface area contributed by atoms with Crippen molar-refractivity contribution in [1.29, 1.82) is 0 Å². The lowest BCUT2D eigenvalue weighted by molar-refractivity contribution is -0.120. The molecule has 0 saturated carbocycles. The lowest BCUT2D eigenvalue weighted by Crippen LogP contribution is -2.15. The summed E-state index contributed by atoms with van der Waals surface area (Å²) in [7, 11) is 0. The molecule has 4 nitrogen and oxygen atoms in total. The number of aryl methyl sites for hydroxylation is 1. The topological polar surface area (TPSA) is 54.4 Å². The maximum absolute atomic E-state index is 10.8. The number of hydrogen-bond donors (Lipinski definition) is 1. The Morgan fingerprint density at radius 2 is 1.75 bits per heavy atom. The summed E-state index contributed by atoms with van der Waals surface area (Å²) in [5, 5.41) is 4.99. The van der Waals surface area contributed by atoms with Crippen molar-refractivity contribution in [1.82, 2.24) is 10.4 Å². The zero-order chi connectivity index (χ0) is 17.2. The number of amides is 1. The maximum atomic E-state index is 10.8. The minimum atomic E-state index is -0.0767. The molecule has 0 fully saturated rings. The third kappa shape index (κ3) is 5.65. The molecule has 0 unspecified atom stereocenters. The first-order valence-corrected chi connectivity index (χ1v) is 7.88. The van der Waals surface area contributed by atoms with Gasteiger partial charge in [0, 0.05) is 17.5 Å². The van der Waals surface area contributed by atoms with Gasteiger partial charge in [-0.25, -0.2) is 5.43 Å². The molecule has 1 amide bonds. The summed E-state index contributed by atoms with van der Waals surface area (Å²) in [5.74, 6) is -0.0767. The Hall–Kier alpha value is -3.01. The zero-order valence-electron chi connectivity index (χ0n) is 13.9. The summed E-state index contributed by atoms with van der Waals surface area (Å²) < 4.78 is 0. The van der Waals surface area contributed by atoms with E-state index in [1.165, 1.54) is 5.39 Å². The number of fused-ring (bicyclic) bond motifs is 1. The Balaban J connectivity index is 0.000000175. The molecule has 0 aliphatic carbocycles. The second kappa shape index (κ2) is 9.20. The van der Waals surface area contributed by atoms with Gasteiger partial charge < -0.3 is 0 Å². The van der Waals surface area contributed by atoms with Crippen molar-refractivity contribution < 1.29 is 4.79 Å². The molecule has 1 aromatic heterocycles. The Morgan fingerprint density at radius 3 is 2.50 bits per heavy atom. The van der Waals surface area contributed by atoms with Gasteiger partial charge in [-0.05, 0) is 24.6 Å². The molecular weight excluding hydrogens is 298 g/mol. The third-order valence-electron chi connectivity index (χ3n) is 3.26. The van der Waals surface area contributed by atoms with Crippen LogP contribution >= 0.6 is 0 Å². The van der Waals surface area contributed by atoms with Crippen LogP contribution in [0.5, 0.6) is 0 Å². The molecule has 0 saturated heterocycles. The average molecular weight is 319 g/mol. The average Bonchev–Trinajstić information content (AvgIpc) is 2.63. The number of carbonyl (C=O) groups is 1. The normalized spacial score (nSPS) is 10.2. The van der Waals surface area contributed by atoms with Gasteiger partial charge in [0.2, 0.25) is 5.91 Å². The molecule has 1 heterocycles. The smallest absolute Gasteiger partial charge is 0.239 e. The van der Waals surface area contributed by atoms with Crippen molar-refractivity contribution in [2.75, 3.05) is 0 Å². The summed E-state index contributed by atoms with van der Waals surface area (Å²) in [6.45, 7) is 3.79. The fourth-order valence-electron chi connectivity index (χ4n) is 1.96. The highest BCUT2D eigenvalue weighted by molar-refractivity contribution is 5.82. The van der Waals surface area contributed by atoms with Gasteiger partial charge in [-0.3, -0.25) is 9.78 Å². The molecule has 0 spiro atoms. The van der Waals surface area contributed by atoms with Crippen molar-refractivity contribution in [3.8, 4) is 0 Å². The molecule has 2 aromatic carbocycles. The first-order chi connectivity index (χ1) is 11.7. The minimum Gasteiger partial charge on any atom is -0.273 e. The van der Waals surface area contributed by atoms with Gasteiger partial charge in [0.25, 0.3) is 0 Å². The molecule has 0 aliphatic rings. The Labute approximate surface area is 142 Å². The zero-order valence-corrected chi connectivity index (χ0v) is 13.9. The molecule has 3 aromatic rings. The largest absolute Gasteiger partial charge is 0.273 e. The number of benzene rings is 2. The predicted molar refractivity (Wildman–Crippen MR) is 98.9 cm³/mol. The Bertz CT molecular complexity index is 813. The van der Waals surface area contributed by atoms with Gasteiger partial charge in [0.05, 0.1) is 11.7 Å². The van der Waals surface area contributed by atoms with Crippen LogP contribution in [0.1, 0.15) is 24.6 Å². The monoisotopic (exact) mass is 319 g/mol. The number of nitrogens with zero attached hydrogens (tertiary/aromatic N) is 2. The van der Waals surface area contributed by atoms with Crippen molar-refractivity contribution in [3.05, 3.63) is 78.0 Å². The fourth-order valence-corrected chi connectivity index (χ4v) is 1.96. The van der Waals surface area contributed by atoms with Gasteiger partial charge in [0.15, 0.2) is 0 Å². The van der Waals surface area contributed by atoms with Crippen molar-refractivity contribution in [2.24, 2.45) is 5.10 Å². The van der Waals surface area contributed by atoms with Crippen LogP contribution in [0.3, 0.4) is 0 Å². The highest BCUT2D eigenvalue weighted by Gasteiger charge is 1.91. The Kier molecular flexibility index (Phi) is 6.65. The van der Waals surface area contributed by atoms with Crippen molar-refractivity contribution >= 4 is 23.0 Å². The van der Waals surface area contributed by atoms with E-state index < -0.39 is 0 Å². The lowest BCUT2D eigenvalue weighted by Gasteiger charge is -1.95.